The van der Waals surface area contributed by atoms with E-state index < -0.39 is 0 Å². The Bertz CT molecular complexity index is 725. The molecule has 2 aromatic heterocycles. The molecule has 1 aromatic carbocycles. The van der Waals surface area contributed by atoms with E-state index in [1.165, 1.54) is 7.11 Å². The lowest BCUT2D eigenvalue weighted by Gasteiger charge is -2.08. The van der Waals surface area contributed by atoms with Gasteiger partial charge in [-0.2, -0.15) is 9.97 Å². The number of anilines is 2. The summed E-state index contributed by atoms with van der Waals surface area (Å²) in [5.74, 6) is 0.672. The van der Waals surface area contributed by atoms with Crippen LogP contribution in [0.15, 0.2) is 36.5 Å². The Morgan fingerprint density at radius 1 is 1.26 bits per heavy atom. The number of aromatic amines is 1. The number of ether oxygens (including phenoxy) is 1. The van der Waals surface area contributed by atoms with Crippen molar-refractivity contribution in [2.45, 2.75) is 0 Å². The highest BCUT2D eigenvalue weighted by Crippen LogP contribution is 2.26. The Balaban J connectivity index is 2.06. The highest BCUT2D eigenvalue weighted by Gasteiger charge is 2.09. The third kappa shape index (κ3) is 2.32. The largest absolute Gasteiger partial charge is 0.467 e. The lowest BCUT2D eigenvalue weighted by atomic mass is 10.3. The summed E-state index contributed by atoms with van der Waals surface area (Å²) >= 11 is 5.96. The summed E-state index contributed by atoms with van der Waals surface area (Å²) in [5, 5.41) is 4.77. The zero-order valence-electron chi connectivity index (χ0n) is 10.1. The number of halogens is 1. The molecule has 96 valence electrons. The molecule has 0 spiro atoms. The first-order valence-electron chi connectivity index (χ1n) is 5.68. The van der Waals surface area contributed by atoms with Gasteiger partial charge in [0.1, 0.15) is 11.5 Å². The average molecular weight is 275 g/mol. The van der Waals surface area contributed by atoms with Crippen LogP contribution in [0.2, 0.25) is 5.02 Å². The van der Waals surface area contributed by atoms with Gasteiger partial charge in [-0.3, -0.25) is 0 Å². The molecule has 2 N–H and O–H groups in total. The molecule has 0 saturated carbocycles. The summed E-state index contributed by atoms with van der Waals surface area (Å²) in [5.41, 5.74) is 1.58. The number of H-pyrrole nitrogens is 1. The van der Waals surface area contributed by atoms with E-state index >= 15 is 0 Å². The summed E-state index contributed by atoms with van der Waals surface area (Å²) in [6.45, 7) is 0. The maximum Gasteiger partial charge on any atom is 0.320 e. The predicted octanol–water partition coefficient (Wildman–Crippen LogP) is 3.36. The summed E-state index contributed by atoms with van der Waals surface area (Å²) in [4.78, 5) is 11.6. The molecule has 3 aromatic rings. The Hall–Kier alpha value is -2.27. The van der Waals surface area contributed by atoms with Crippen LogP contribution in [0.4, 0.5) is 11.5 Å². The van der Waals surface area contributed by atoms with Crippen molar-refractivity contribution in [1.82, 2.24) is 15.0 Å². The van der Waals surface area contributed by atoms with Gasteiger partial charge in [0.05, 0.1) is 12.5 Å². The molecule has 0 aliphatic carbocycles. The molecule has 0 aliphatic heterocycles. The number of hydrogen-bond acceptors (Lipinski definition) is 4. The van der Waals surface area contributed by atoms with Gasteiger partial charge in [0.15, 0.2) is 0 Å². The lowest BCUT2D eigenvalue weighted by Crippen LogP contribution is -1.99. The van der Waals surface area contributed by atoms with Crippen molar-refractivity contribution in [3.8, 4) is 6.01 Å². The predicted molar refractivity (Wildman–Crippen MR) is 75.2 cm³/mol. The van der Waals surface area contributed by atoms with E-state index in [0.29, 0.717) is 16.9 Å². The number of nitrogens with one attached hydrogen (secondary N) is 2. The maximum absolute atomic E-state index is 5.96. The smallest absolute Gasteiger partial charge is 0.320 e. The maximum atomic E-state index is 5.96. The topological polar surface area (TPSA) is 62.8 Å². The summed E-state index contributed by atoms with van der Waals surface area (Å²) in [6.07, 6.45) is 1.81. The van der Waals surface area contributed by atoms with Gasteiger partial charge in [-0.1, -0.05) is 17.7 Å². The van der Waals surface area contributed by atoms with Gasteiger partial charge in [0, 0.05) is 16.9 Å². The molecular formula is C13H11ClN4O. The monoisotopic (exact) mass is 274 g/mol. The minimum atomic E-state index is 0.305. The first-order chi connectivity index (χ1) is 9.26. The summed E-state index contributed by atoms with van der Waals surface area (Å²) in [6, 6.07) is 9.64. The molecule has 0 unspecified atom stereocenters. The number of fused-ring (bicyclic) bond motifs is 1. The molecule has 0 radical (unpaired) electrons. The number of benzene rings is 1. The van der Waals surface area contributed by atoms with Crippen LogP contribution in [0.1, 0.15) is 0 Å². The molecule has 0 fully saturated rings. The van der Waals surface area contributed by atoms with Crippen LogP contribution >= 0.6 is 11.6 Å². The lowest BCUT2D eigenvalue weighted by molar-refractivity contribution is 0.382. The molecule has 0 amide bonds. The minimum Gasteiger partial charge on any atom is -0.467 e. The number of aromatic nitrogens is 3. The van der Waals surface area contributed by atoms with E-state index in [1.54, 1.807) is 0 Å². The van der Waals surface area contributed by atoms with Crippen LogP contribution in [0.25, 0.3) is 11.0 Å². The molecule has 0 saturated heterocycles. The zero-order valence-corrected chi connectivity index (χ0v) is 10.9. The number of rotatable bonds is 3. The van der Waals surface area contributed by atoms with Gasteiger partial charge in [-0.05, 0) is 24.3 Å². The van der Waals surface area contributed by atoms with E-state index in [-0.39, 0.29) is 0 Å². The van der Waals surface area contributed by atoms with Gasteiger partial charge in [0.2, 0.25) is 0 Å². The van der Waals surface area contributed by atoms with E-state index in [1.807, 2.05) is 36.5 Å². The molecule has 5 nitrogen and oxygen atoms in total. The standard InChI is InChI=1S/C13H11ClN4O/c1-19-13-17-11-10(5-6-15-11)12(18-13)16-9-4-2-3-8(14)7-9/h2-7H,1H3,(H2,15,16,17,18). The minimum absolute atomic E-state index is 0.305. The summed E-state index contributed by atoms with van der Waals surface area (Å²) < 4.78 is 5.09. The molecule has 19 heavy (non-hydrogen) atoms. The molecule has 2 heterocycles. The second-order valence-electron chi connectivity index (χ2n) is 3.93. The van der Waals surface area contributed by atoms with Crippen molar-refractivity contribution < 1.29 is 4.74 Å². The first kappa shape index (κ1) is 11.8. The fourth-order valence-corrected chi connectivity index (χ4v) is 2.00. The van der Waals surface area contributed by atoms with Crippen molar-refractivity contribution in [2.75, 3.05) is 12.4 Å². The second-order valence-corrected chi connectivity index (χ2v) is 4.37. The molecular weight excluding hydrogens is 264 g/mol. The van der Waals surface area contributed by atoms with Crippen LogP contribution in [0.5, 0.6) is 6.01 Å². The molecule has 0 aliphatic rings. The van der Waals surface area contributed by atoms with Crippen LogP contribution < -0.4 is 10.1 Å². The molecule has 0 atom stereocenters. The van der Waals surface area contributed by atoms with E-state index in [9.17, 15) is 0 Å². The van der Waals surface area contributed by atoms with Gasteiger partial charge in [-0.15, -0.1) is 0 Å². The third-order valence-electron chi connectivity index (χ3n) is 2.67. The highest BCUT2D eigenvalue weighted by molar-refractivity contribution is 6.30. The Morgan fingerprint density at radius 3 is 2.95 bits per heavy atom. The summed E-state index contributed by atoms with van der Waals surface area (Å²) in [7, 11) is 1.53. The van der Waals surface area contributed by atoms with Crippen molar-refractivity contribution >= 4 is 34.1 Å². The van der Waals surface area contributed by atoms with Crippen molar-refractivity contribution in [3.63, 3.8) is 0 Å². The van der Waals surface area contributed by atoms with E-state index in [0.717, 1.165) is 16.7 Å². The molecule has 0 bridgehead atoms. The zero-order chi connectivity index (χ0) is 13.2. The molecule has 3 rings (SSSR count). The second kappa shape index (κ2) is 4.78. The van der Waals surface area contributed by atoms with Crippen molar-refractivity contribution in [2.24, 2.45) is 0 Å². The van der Waals surface area contributed by atoms with Gasteiger partial charge in [0.25, 0.3) is 0 Å². The van der Waals surface area contributed by atoms with Crippen LogP contribution in [0, 0.1) is 0 Å². The number of nitrogens with zero attached hydrogens (tertiary/aromatic N) is 2. The van der Waals surface area contributed by atoms with Crippen molar-refractivity contribution in [3.05, 3.63) is 41.6 Å². The number of methoxy groups -OCH3 is 1. The van der Waals surface area contributed by atoms with E-state index in [2.05, 4.69) is 20.3 Å². The quantitative estimate of drug-likeness (QED) is 0.769. The average Bonchev–Trinajstić information content (AvgIpc) is 2.87. The highest BCUT2D eigenvalue weighted by atomic mass is 35.5. The fraction of sp³-hybridized carbons (Fsp3) is 0.0769. The van der Waals surface area contributed by atoms with Crippen LogP contribution in [-0.2, 0) is 0 Å². The van der Waals surface area contributed by atoms with Gasteiger partial charge >= 0.3 is 6.01 Å². The Kier molecular flexibility index (Phi) is 2.97. The number of hydrogen-bond donors (Lipinski definition) is 2. The van der Waals surface area contributed by atoms with Gasteiger partial charge in [-0.25, -0.2) is 0 Å². The SMILES string of the molecule is COc1nc(Nc2cccc(Cl)c2)c2cc[nH]c2n1. The van der Waals surface area contributed by atoms with Crippen LogP contribution in [-0.4, -0.2) is 22.1 Å². The van der Waals surface area contributed by atoms with Crippen molar-refractivity contribution in [1.29, 1.82) is 0 Å². The van der Waals surface area contributed by atoms with E-state index in [4.69, 9.17) is 16.3 Å². The normalized spacial score (nSPS) is 10.6. The van der Waals surface area contributed by atoms with Crippen LogP contribution in [0.3, 0.4) is 0 Å². The van der Waals surface area contributed by atoms with Gasteiger partial charge < -0.3 is 15.0 Å². The molecule has 6 heteroatoms. The first-order valence-corrected chi connectivity index (χ1v) is 6.06. The Labute approximate surface area is 114 Å². The third-order valence-corrected chi connectivity index (χ3v) is 2.90. The fourth-order valence-electron chi connectivity index (χ4n) is 1.81. The Morgan fingerprint density at radius 2 is 2.16 bits per heavy atom.